The summed E-state index contributed by atoms with van der Waals surface area (Å²) in [5.74, 6) is -0.319. The Morgan fingerprint density at radius 1 is 1.16 bits per heavy atom. The first-order valence-corrected chi connectivity index (χ1v) is 7.90. The Hall–Kier alpha value is -2.87. The van der Waals surface area contributed by atoms with E-state index in [0.29, 0.717) is 6.54 Å². The lowest BCUT2D eigenvalue weighted by molar-refractivity contribution is -0.121. The highest BCUT2D eigenvalue weighted by Gasteiger charge is 2.19. The lowest BCUT2D eigenvalue weighted by atomic mass is 10.2. The first kappa shape index (κ1) is 17.0. The normalized spacial score (nSPS) is 11.0. The van der Waals surface area contributed by atoms with E-state index >= 15 is 0 Å². The van der Waals surface area contributed by atoms with E-state index in [4.69, 9.17) is 11.6 Å². The van der Waals surface area contributed by atoms with E-state index in [1.807, 2.05) is 30.3 Å². The largest absolute Gasteiger partial charge is 0.350 e. The van der Waals surface area contributed by atoms with E-state index in [1.54, 1.807) is 0 Å². The Kier molecular flexibility index (Phi) is 4.45. The molecule has 0 aliphatic carbocycles. The Morgan fingerprint density at radius 3 is 2.52 bits per heavy atom. The summed E-state index contributed by atoms with van der Waals surface area (Å²) in [6.07, 6.45) is 0. The maximum absolute atomic E-state index is 12.4. The van der Waals surface area contributed by atoms with Gasteiger partial charge in [-0.05, 0) is 17.2 Å². The maximum atomic E-state index is 12.4. The zero-order valence-corrected chi connectivity index (χ0v) is 14.4. The van der Waals surface area contributed by atoms with Gasteiger partial charge in [0.05, 0.1) is 0 Å². The van der Waals surface area contributed by atoms with E-state index in [0.717, 1.165) is 10.1 Å². The van der Waals surface area contributed by atoms with Crippen molar-refractivity contribution in [1.82, 2.24) is 24.0 Å². The van der Waals surface area contributed by atoms with Crippen molar-refractivity contribution in [2.75, 3.05) is 0 Å². The second-order valence-electron chi connectivity index (χ2n) is 5.61. The molecule has 0 bridgehead atoms. The number of carbonyl (C=O) groups excluding carboxylic acids is 1. The molecule has 0 fully saturated rings. The molecule has 0 unspecified atom stereocenters. The number of hydrogen-bond donors (Lipinski definition) is 1. The number of fused-ring (bicyclic) bond motifs is 1. The molecule has 9 heteroatoms. The summed E-state index contributed by atoms with van der Waals surface area (Å²) in [6.45, 7) is 0.191. The van der Waals surface area contributed by atoms with Crippen molar-refractivity contribution < 1.29 is 4.79 Å². The molecule has 25 heavy (non-hydrogen) atoms. The number of nitrogens with one attached hydrogen (secondary N) is 1. The first-order valence-electron chi connectivity index (χ1n) is 7.52. The number of aromatic nitrogens is 4. The molecule has 1 amide bonds. The van der Waals surface area contributed by atoms with Crippen molar-refractivity contribution in [2.24, 2.45) is 14.1 Å². The number of carbonyl (C=O) groups is 1. The monoisotopic (exact) mass is 361 g/mol. The summed E-state index contributed by atoms with van der Waals surface area (Å²) in [6, 6.07) is 9.44. The van der Waals surface area contributed by atoms with Gasteiger partial charge >= 0.3 is 5.69 Å². The summed E-state index contributed by atoms with van der Waals surface area (Å²) in [5, 5.41) is 2.74. The molecule has 0 saturated carbocycles. The summed E-state index contributed by atoms with van der Waals surface area (Å²) in [5.41, 5.74) is 0.162. The van der Waals surface area contributed by atoms with E-state index in [1.165, 1.54) is 23.2 Å². The molecule has 2 heterocycles. The Labute approximate surface area is 147 Å². The van der Waals surface area contributed by atoms with Crippen molar-refractivity contribution in [3.63, 3.8) is 0 Å². The molecule has 2 aromatic heterocycles. The average molecular weight is 362 g/mol. The minimum Gasteiger partial charge on any atom is -0.350 e. The van der Waals surface area contributed by atoms with Gasteiger partial charge in [-0.1, -0.05) is 30.3 Å². The van der Waals surface area contributed by atoms with Gasteiger partial charge < -0.3 is 5.32 Å². The van der Waals surface area contributed by atoms with Crippen LogP contribution in [0.3, 0.4) is 0 Å². The van der Waals surface area contributed by atoms with Gasteiger partial charge in [0.15, 0.2) is 11.2 Å². The number of nitrogens with zero attached hydrogens (tertiary/aromatic N) is 4. The number of imidazole rings is 1. The standard InChI is InChI=1S/C16H16ClN5O3/c1-20-13-12(14(24)21(2)16(20)25)22(15(17)19-13)9-11(23)18-8-10-6-4-3-5-7-10/h3-7H,8-9H2,1-2H3,(H,18,23). The number of halogens is 1. The molecule has 0 atom stereocenters. The topological polar surface area (TPSA) is 90.9 Å². The lowest BCUT2D eigenvalue weighted by Gasteiger charge is -2.08. The molecule has 0 aliphatic heterocycles. The molecule has 130 valence electrons. The van der Waals surface area contributed by atoms with Crippen molar-refractivity contribution in [3.8, 4) is 0 Å². The van der Waals surface area contributed by atoms with Crippen molar-refractivity contribution in [1.29, 1.82) is 0 Å². The minimum absolute atomic E-state index is 0.0249. The van der Waals surface area contributed by atoms with Crippen LogP contribution in [0.1, 0.15) is 5.56 Å². The van der Waals surface area contributed by atoms with Gasteiger partial charge in [0.25, 0.3) is 5.56 Å². The molecule has 1 aromatic carbocycles. The number of benzene rings is 1. The van der Waals surface area contributed by atoms with Crippen LogP contribution in [0.25, 0.3) is 11.2 Å². The molecule has 0 spiro atoms. The van der Waals surface area contributed by atoms with Crippen molar-refractivity contribution in [3.05, 3.63) is 62.0 Å². The third-order valence-corrected chi connectivity index (χ3v) is 4.22. The summed E-state index contributed by atoms with van der Waals surface area (Å²) >= 11 is 6.09. The van der Waals surface area contributed by atoms with Crippen LogP contribution in [0, 0.1) is 0 Å². The predicted octanol–water partition coefficient (Wildman–Crippen LogP) is 0.403. The van der Waals surface area contributed by atoms with E-state index in [9.17, 15) is 14.4 Å². The Bertz CT molecular complexity index is 1070. The van der Waals surface area contributed by atoms with Crippen LogP contribution in [0.5, 0.6) is 0 Å². The fraction of sp³-hybridized carbons (Fsp3) is 0.250. The number of aryl methyl sites for hydroxylation is 1. The average Bonchev–Trinajstić information content (AvgIpc) is 2.94. The molecular weight excluding hydrogens is 346 g/mol. The fourth-order valence-corrected chi connectivity index (χ4v) is 2.78. The van der Waals surface area contributed by atoms with Crippen LogP contribution in [0.15, 0.2) is 39.9 Å². The third-order valence-electron chi connectivity index (χ3n) is 3.94. The Balaban J connectivity index is 1.91. The van der Waals surface area contributed by atoms with Gasteiger partial charge in [-0.3, -0.25) is 23.3 Å². The highest BCUT2D eigenvalue weighted by Crippen LogP contribution is 2.15. The molecule has 0 radical (unpaired) electrons. The molecule has 0 saturated heterocycles. The van der Waals surface area contributed by atoms with Gasteiger partial charge in [0, 0.05) is 20.6 Å². The highest BCUT2D eigenvalue weighted by molar-refractivity contribution is 6.29. The number of rotatable bonds is 4. The summed E-state index contributed by atoms with van der Waals surface area (Å²) in [4.78, 5) is 40.6. The van der Waals surface area contributed by atoms with Crippen molar-refractivity contribution in [2.45, 2.75) is 13.1 Å². The van der Waals surface area contributed by atoms with E-state index in [-0.39, 0.29) is 28.9 Å². The smallest absolute Gasteiger partial charge is 0.332 e. The number of hydrogen-bond acceptors (Lipinski definition) is 4. The zero-order chi connectivity index (χ0) is 18.1. The SMILES string of the molecule is Cn1c(=O)c2c(nc(Cl)n2CC(=O)NCc2ccccc2)n(C)c1=O. The van der Waals surface area contributed by atoms with Crippen LogP contribution in [0.2, 0.25) is 5.28 Å². The first-order chi connectivity index (χ1) is 11.9. The maximum Gasteiger partial charge on any atom is 0.332 e. The molecule has 3 rings (SSSR count). The zero-order valence-electron chi connectivity index (χ0n) is 13.7. The molecule has 3 aromatic rings. The summed E-state index contributed by atoms with van der Waals surface area (Å²) < 4.78 is 3.48. The molecule has 1 N–H and O–H groups in total. The number of amides is 1. The minimum atomic E-state index is -0.548. The van der Waals surface area contributed by atoms with Crippen LogP contribution in [-0.4, -0.2) is 24.6 Å². The third kappa shape index (κ3) is 3.08. The van der Waals surface area contributed by atoms with E-state index < -0.39 is 11.2 Å². The van der Waals surface area contributed by atoms with Gasteiger partial charge in [0.2, 0.25) is 11.2 Å². The molecule has 0 aliphatic rings. The van der Waals surface area contributed by atoms with Crippen LogP contribution in [-0.2, 0) is 32.0 Å². The van der Waals surface area contributed by atoms with Gasteiger partial charge in [0.1, 0.15) is 6.54 Å². The highest BCUT2D eigenvalue weighted by atomic mass is 35.5. The Morgan fingerprint density at radius 2 is 1.84 bits per heavy atom. The van der Waals surface area contributed by atoms with Gasteiger partial charge in [-0.15, -0.1) is 0 Å². The van der Waals surface area contributed by atoms with E-state index in [2.05, 4.69) is 10.3 Å². The van der Waals surface area contributed by atoms with Gasteiger partial charge in [-0.25, -0.2) is 4.79 Å². The fourth-order valence-electron chi connectivity index (χ4n) is 2.56. The van der Waals surface area contributed by atoms with Crippen molar-refractivity contribution >= 4 is 28.7 Å². The predicted molar refractivity (Wildman–Crippen MR) is 93.5 cm³/mol. The second kappa shape index (κ2) is 6.56. The van der Waals surface area contributed by atoms with Crippen LogP contribution >= 0.6 is 11.6 Å². The quantitative estimate of drug-likeness (QED) is 0.681. The summed E-state index contributed by atoms with van der Waals surface area (Å²) in [7, 11) is 2.86. The molecule has 8 nitrogen and oxygen atoms in total. The lowest BCUT2D eigenvalue weighted by Crippen LogP contribution is -2.38. The second-order valence-corrected chi connectivity index (χ2v) is 5.95. The van der Waals surface area contributed by atoms with Crippen LogP contribution in [0.4, 0.5) is 0 Å². The molecular formula is C16H16ClN5O3. The van der Waals surface area contributed by atoms with Gasteiger partial charge in [-0.2, -0.15) is 4.98 Å². The van der Waals surface area contributed by atoms with Crippen LogP contribution < -0.4 is 16.6 Å².